The van der Waals surface area contributed by atoms with Crippen LogP contribution in [0, 0.1) is 0 Å². The molecule has 0 amide bonds. The monoisotopic (exact) mass is 265 g/mol. The summed E-state index contributed by atoms with van der Waals surface area (Å²) < 4.78 is 9.72. The maximum absolute atomic E-state index is 10.2. The molecule has 8 nitrogen and oxygen atoms in total. The van der Waals surface area contributed by atoms with Gasteiger partial charge in [0.2, 0.25) is 0 Å². The van der Waals surface area contributed by atoms with Gasteiger partial charge in [-0.25, -0.2) is 9.59 Å². The smallest absolute Gasteiger partial charge is 0.329 e. The van der Waals surface area contributed by atoms with Crippen molar-refractivity contribution in [3.63, 3.8) is 0 Å². The molecule has 0 unspecified atom stereocenters. The number of aliphatic carboxylic acids is 2. The van der Waals surface area contributed by atoms with Gasteiger partial charge in [0.25, 0.3) is 0 Å². The first kappa shape index (κ1) is 16.8. The van der Waals surface area contributed by atoms with Crippen LogP contribution in [0.5, 0.6) is 0 Å². The average molecular weight is 265 g/mol. The van der Waals surface area contributed by atoms with Gasteiger partial charge in [0.15, 0.2) is 0 Å². The lowest BCUT2D eigenvalue weighted by atomic mass is 10.4. The number of carbonyl (C=O) groups is 2. The first-order chi connectivity index (χ1) is 8.56. The molecular formula is C10H19NO7. The molecule has 0 rings (SSSR count). The summed E-state index contributed by atoms with van der Waals surface area (Å²) in [4.78, 5) is 22.2. The second kappa shape index (κ2) is 10.9. The summed E-state index contributed by atoms with van der Waals surface area (Å²) in [6, 6.07) is 0. The molecule has 0 fully saturated rings. The quantitative estimate of drug-likeness (QED) is 0.364. The molecule has 18 heavy (non-hydrogen) atoms. The normalized spacial score (nSPS) is 10.8. The van der Waals surface area contributed by atoms with E-state index in [1.54, 1.807) is 4.90 Å². The second-order valence-electron chi connectivity index (χ2n) is 3.46. The highest BCUT2D eigenvalue weighted by molar-refractivity contribution is 5.68. The topological polar surface area (TPSA) is 117 Å². The molecule has 0 aromatic heterocycles. The van der Waals surface area contributed by atoms with E-state index in [-0.39, 0.29) is 33.0 Å². The highest BCUT2D eigenvalue weighted by atomic mass is 16.5. The molecule has 0 radical (unpaired) electrons. The van der Waals surface area contributed by atoms with Gasteiger partial charge in [-0.3, -0.25) is 4.90 Å². The van der Waals surface area contributed by atoms with Gasteiger partial charge in [0.1, 0.15) is 13.2 Å². The van der Waals surface area contributed by atoms with Crippen molar-refractivity contribution < 1.29 is 34.4 Å². The molecule has 106 valence electrons. The Morgan fingerprint density at radius 2 is 1.33 bits per heavy atom. The van der Waals surface area contributed by atoms with Crippen molar-refractivity contribution in [2.24, 2.45) is 0 Å². The molecule has 0 atom stereocenters. The fraction of sp³-hybridized carbons (Fsp3) is 0.800. The van der Waals surface area contributed by atoms with E-state index in [0.717, 1.165) is 0 Å². The zero-order valence-electron chi connectivity index (χ0n) is 10.1. The molecule has 0 aromatic carbocycles. The number of carboxylic acid groups (broad SMARTS) is 2. The zero-order valence-corrected chi connectivity index (χ0v) is 10.1. The largest absolute Gasteiger partial charge is 0.480 e. The summed E-state index contributed by atoms with van der Waals surface area (Å²) in [5.41, 5.74) is 0. The summed E-state index contributed by atoms with van der Waals surface area (Å²) >= 11 is 0. The van der Waals surface area contributed by atoms with Crippen LogP contribution in [-0.4, -0.2) is 84.8 Å². The van der Waals surface area contributed by atoms with Crippen LogP contribution < -0.4 is 0 Å². The second-order valence-corrected chi connectivity index (χ2v) is 3.46. The SMILES string of the molecule is O=C(O)COCCN(CCO)CCOCC(=O)O. The fourth-order valence-electron chi connectivity index (χ4n) is 1.18. The Bertz CT molecular complexity index is 224. The summed E-state index contributed by atoms with van der Waals surface area (Å²) in [6.45, 7) is 0.987. The van der Waals surface area contributed by atoms with Crippen molar-refractivity contribution in [1.29, 1.82) is 0 Å². The number of ether oxygens (including phenoxy) is 2. The molecule has 0 heterocycles. The zero-order chi connectivity index (χ0) is 13.8. The van der Waals surface area contributed by atoms with E-state index in [4.69, 9.17) is 24.8 Å². The standard InChI is InChI=1S/C10H19NO7/c12-4-1-11(2-5-17-7-9(13)14)3-6-18-8-10(15)16/h12H,1-8H2,(H,13,14)(H,15,16). The Balaban J connectivity index is 3.64. The number of aliphatic hydroxyl groups is 1. The Kier molecular flexibility index (Phi) is 10.2. The predicted molar refractivity (Wildman–Crippen MR) is 60.4 cm³/mol. The van der Waals surface area contributed by atoms with Crippen LogP contribution in [0.15, 0.2) is 0 Å². The van der Waals surface area contributed by atoms with Gasteiger partial charge in [-0.15, -0.1) is 0 Å². The Morgan fingerprint density at radius 3 is 1.67 bits per heavy atom. The molecule has 0 saturated heterocycles. The number of hydrogen-bond donors (Lipinski definition) is 3. The summed E-state index contributed by atoms with van der Waals surface area (Å²) in [7, 11) is 0. The van der Waals surface area contributed by atoms with Crippen LogP contribution in [0.25, 0.3) is 0 Å². The Labute approximate surface area is 105 Å². The number of nitrogens with zero attached hydrogens (tertiary/aromatic N) is 1. The lowest BCUT2D eigenvalue weighted by molar-refractivity contribution is -0.142. The molecule has 0 aliphatic rings. The van der Waals surface area contributed by atoms with E-state index < -0.39 is 11.9 Å². The minimum atomic E-state index is -1.03. The van der Waals surface area contributed by atoms with E-state index in [1.165, 1.54) is 0 Å². The summed E-state index contributed by atoms with van der Waals surface area (Å²) in [6.07, 6.45) is 0. The Hall–Kier alpha value is -1.22. The maximum Gasteiger partial charge on any atom is 0.329 e. The van der Waals surface area contributed by atoms with Crippen LogP contribution in [0.3, 0.4) is 0 Å². The van der Waals surface area contributed by atoms with Gasteiger partial charge in [-0.05, 0) is 0 Å². The van der Waals surface area contributed by atoms with E-state index >= 15 is 0 Å². The fourth-order valence-corrected chi connectivity index (χ4v) is 1.18. The van der Waals surface area contributed by atoms with Gasteiger partial charge < -0.3 is 24.8 Å². The Morgan fingerprint density at radius 1 is 0.889 bits per heavy atom. The van der Waals surface area contributed by atoms with Crippen molar-refractivity contribution in [2.45, 2.75) is 0 Å². The van der Waals surface area contributed by atoms with Crippen LogP contribution in [0.4, 0.5) is 0 Å². The van der Waals surface area contributed by atoms with Gasteiger partial charge in [-0.2, -0.15) is 0 Å². The highest BCUT2D eigenvalue weighted by Gasteiger charge is 2.05. The van der Waals surface area contributed by atoms with Crippen molar-refractivity contribution in [2.75, 3.05) is 52.7 Å². The van der Waals surface area contributed by atoms with Crippen molar-refractivity contribution in [3.05, 3.63) is 0 Å². The molecule has 0 aromatic rings. The number of rotatable bonds is 12. The summed E-state index contributed by atoms with van der Waals surface area (Å²) in [5.74, 6) is -2.07. The van der Waals surface area contributed by atoms with Crippen LogP contribution in [-0.2, 0) is 19.1 Å². The molecule has 0 bridgehead atoms. The van der Waals surface area contributed by atoms with Gasteiger partial charge in [0.05, 0.1) is 19.8 Å². The first-order valence-electron chi connectivity index (χ1n) is 5.48. The third-order valence-corrected chi connectivity index (χ3v) is 1.97. The molecule has 3 N–H and O–H groups in total. The number of hydrogen-bond acceptors (Lipinski definition) is 6. The lowest BCUT2D eigenvalue weighted by Crippen LogP contribution is -2.34. The lowest BCUT2D eigenvalue weighted by Gasteiger charge is -2.20. The average Bonchev–Trinajstić information content (AvgIpc) is 2.29. The molecule has 0 aliphatic heterocycles. The predicted octanol–water partition coefficient (Wildman–Crippen LogP) is -1.52. The van der Waals surface area contributed by atoms with Crippen LogP contribution in [0.2, 0.25) is 0 Å². The van der Waals surface area contributed by atoms with E-state index in [9.17, 15) is 9.59 Å². The molecule has 0 aliphatic carbocycles. The van der Waals surface area contributed by atoms with Crippen LogP contribution >= 0.6 is 0 Å². The minimum absolute atomic E-state index is 0.0438. The van der Waals surface area contributed by atoms with E-state index in [2.05, 4.69) is 0 Å². The van der Waals surface area contributed by atoms with Gasteiger partial charge >= 0.3 is 11.9 Å². The third-order valence-electron chi connectivity index (χ3n) is 1.97. The maximum atomic E-state index is 10.2. The van der Waals surface area contributed by atoms with Crippen molar-refractivity contribution >= 4 is 11.9 Å². The summed E-state index contributed by atoms with van der Waals surface area (Å²) in [5, 5.41) is 25.5. The van der Waals surface area contributed by atoms with Crippen molar-refractivity contribution in [1.82, 2.24) is 4.90 Å². The van der Waals surface area contributed by atoms with E-state index in [1.807, 2.05) is 0 Å². The molecule has 0 saturated carbocycles. The van der Waals surface area contributed by atoms with Gasteiger partial charge in [0, 0.05) is 19.6 Å². The van der Waals surface area contributed by atoms with E-state index in [0.29, 0.717) is 19.6 Å². The molecular weight excluding hydrogens is 246 g/mol. The van der Waals surface area contributed by atoms with Gasteiger partial charge in [-0.1, -0.05) is 0 Å². The van der Waals surface area contributed by atoms with Crippen LogP contribution in [0.1, 0.15) is 0 Å². The minimum Gasteiger partial charge on any atom is -0.480 e. The molecule has 0 spiro atoms. The number of carboxylic acids is 2. The highest BCUT2D eigenvalue weighted by Crippen LogP contribution is 1.90. The van der Waals surface area contributed by atoms with Crippen molar-refractivity contribution in [3.8, 4) is 0 Å². The third kappa shape index (κ3) is 11.3. The number of aliphatic hydroxyl groups excluding tert-OH is 1. The molecule has 8 heteroatoms. The first-order valence-corrected chi connectivity index (χ1v) is 5.48.